The first-order chi connectivity index (χ1) is 53.0. The SMILES string of the molecule is CCCCCCCCCS/C=C/C(=O)Oc1cc2c3cc(OC(=O)/C=C/SCCCCCCCCC)c(OC(=O)/C=C/SCCCCCCCCC)cc3c3cc(OC(=O)/C=C/SCCCCCCCCC)c(OC(=O)/C=C/SCCCCCCCCC)cc3c2cc1OC(=O)/C=C/SCCCCCCCCC. The zero-order valence-corrected chi connectivity index (χ0v) is 71.6. The zero-order chi connectivity index (χ0) is 77.5. The molecule has 600 valence electrons. The van der Waals surface area contributed by atoms with Gasteiger partial charge in [0.15, 0.2) is 34.5 Å². The lowest BCUT2D eigenvalue weighted by atomic mass is 9.93. The summed E-state index contributed by atoms with van der Waals surface area (Å²) in [4.78, 5) is 84.6. The van der Waals surface area contributed by atoms with Crippen LogP contribution < -0.4 is 28.4 Å². The van der Waals surface area contributed by atoms with Crippen molar-refractivity contribution in [2.75, 3.05) is 34.5 Å². The molecule has 0 bridgehead atoms. The molecule has 0 fully saturated rings. The fourth-order valence-electron chi connectivity index (χ4n) is 12.2. The van der Waals surface area contributed by atoms with E-state index in [1.807, 2.05) is 0 Å². The Bertz CT molecular complexity index is 2780. The monoisotopic (exact) mass is 1600 g/mol. The number of esters is 6. The van der Waals surface area contributed by atoms with Gasteiger partial charge in [0, 0.05) is 36.5 Å². The number of ether oxygens (including phenoxy) is 6. The van der Waals surface area contributed by atoms with E-state index in [1.54, 1.807) is 68.8 Å². The lowest BCUT2D eigenvalue weighted by Crippen LogP contribution is -2.10. The number of carbonyl (C=O) groups is 6. The van der Waals surface area contributed by atoms with Gasteiger partial charge in [-0.05, 0) is 174 Å². The zero-order valence-electron chi connectivity index (χ0n) is 66.7. The molecular formula is C90H132O12S6. The van der Waals surface area contributed by atoms with Gasteiger partial charge in [-0.3, -0.25) is 0 Å². The first-order valence-corrected chi connectivity index (χ1v) is 47.8. The smallest absolute Gasteiger partial charge is 0.336 e. The minimum Gasteiger partial charge on any atom is -0.419 e. The Morgan fingerprint density at radius 3 is 0.454 bits per heavy atom. The van der Waals surface area contributed by atoms with Crippen LogP contribution in [0.3, 0.4) is 0 Å². The normalized spacial score (nSPS) is 11.9. The number of carbonyl (C=O) groups excluding carboxylic acids is 6. The summed E-state index contributed by atoms with van der Waals surface area (Å²) >= 11 is 9.13. The van der Waals surface area contributed by atoms with Crippen LogP contribution in [0.2, 0.25) is 0 Å². The van der Waals surface area contributed by atoms with Gasteiger partial charge in [-0.25, -0.2) is 28.8 Å². The molecule has 0 saturated heterocycles. The number of hydrogen-bond donors (Lipinski definition) is 0. The van der Waals surface area contributed by atoms with Gasteiger partial charge >= 0.3 is 35.8 Å². The number of thioether (sulfide) groups is 6. The van der Waals surface area contributed by atoms with E-state index in [0.29, 0.717) is 32.3 Å². The van der Waals surface area contributed by atoms with Crippen LogP contribution in [-0.4, -0.2) is 70.3 Å². The van der Waals surface area contributed by atoms with Crippen LogP contribution in [0, 0.1) is 0 Å². The van der Waals surface area contributed by atoms with Gasteiger partial charge in [-0.1, -0.05) is 273 Å². The van der Waals surface area contributed by atoms with Crippen LogP contribution in [-0.2, 0) is 28.8 Å². The van der Waals surface area contributed by atoms with Crippen molar-refractivity contribution in [3.63, 3.8) is 0 Å². The van der Waals surface area contributed by atoms with Crippen LogP contribution in [0.1, 0.15) is 311 Å². The third-order valence-corrected chi connectivity index (χ3v) is 23.5. The van der Waals surface area contributed by atoms with Crippen LogP contribution >= 0.6 is 70.6 Å². The fraction of sp³-hybridized carbons (Fsp3) is 0.600. The van der Waals surface area contributed by atoms with Crippen molar-refractivity contribution in [3.05, 3.63) is 105 Å². The third-order valence-electron chi connectivity index (χ3n) is 18.4. The maximum atomic E-state index is 14.1. The van der Waals surface area contributed by atoms with Crippen molar-refractivity contribution in [3.8, 4) is 34.5 Å². The summed E-state index contributed by atoms with van der Waals surface area (Å²) in [6.45, 7) is 13.3. The summed E-state index contributed by atoms with van der Waals surface area (Å²) in [5.41, 5.74) is 0. The quantitative estimate of drug-likeness (QED) is 0.0135. The summed E-state index contributed by atoms with van der Waals surface area (Å²) in [6, 6.07) is 9.58. The highest BCUT2D eigenvalue weighted by Gasteiger charge is 2.24. The van der Waals surface area contributed by atoms with Crippen LogP contribution in [0.25, 0.3) is 32.3 Å². The van der Waals surface area contributed by atoms with Gasteiger partial charge < -0.3 is 28.4 Å². The maximum Gasteiger partial charge on any atom is 0.336 e. The van der Waals surface area contributed by atoms with E-state index < -0.39 is 35.8 Å². The van der Waals surface area contributed by atoms with Gasteiger partial charge in [-0.2, -0.15) is 0 Å². The highest BCUT2D eigenvalue weighted by atomic mass is 32.2. The average Bonchev–Trinajstić information content (AvgIpc) is 0.725. The molecule has 0 aliphatic carbocycles. The van der Waals surface area contributed by atoms with Crippen molar-refractivity contribution in [2.45, 2.75) is 311 Å². The van der Waals surface area contributed by atoms with Gasteiger partial charge in [0.05, 0.1) is 0 Å². The van der Waals surface area contributed by atoms with Crippen LogP contribution in [0.5, 0.6) is 34.5 Å². The minimum absolute atomic E-state index is 0.0885. The molecule has 0 unspecified atom stereocenters. The lowest BCUT2D eigenvalue weighted by Gasteiger charge is -2.18. The Morgan fingerprint density at radius 2 is 0.324 bits per heavy atom. The highest BCUT2D eigenvalue weighted by Crippen LogP contribution is 2.48. The van der Waals surface area contributed by atoms with Gasteiger partial charge in [-0.15, -0.1) is 70.6 Å². The Morgan fingerprint density at radius 1 is 0.204 bits per heavy atom. The molecule has 12 nitrogen and oxygen atoms in total. The van der Waals surface area contributed by atoms with E-state index in [1.165, 1.54) is 300 Å². The first kappa shape index (κ1) is 95.4. The molecule has 0 aromatic heterocycles. The predicted octanol–water partition coefficient (Wildman–Crippen LogP) is 28.6. The topological polar surface area (TPSA) is 158 Å². The maximum absolute atomic E-state index is 14.1. The van der Waals surface area contributed by atoms with E-state index in [4.69, 9.17) is 28.4 Å². The van der Waals surface area contributed by atoms with Crippen LogP contribution in [0.4, 0.5) is 0 Å². The summed E-state index contributed by atoms with van der Waals surface area (Å²) in [7, 11) is 0. The number of unbranched alkanes of at least 4 members (excludes halogenated alkanes) is 36. The number of fused-ring (bicyclic) bond motifs is 6. The molecule has 4 rings (SSSR count). The summed E-state index contributed by atoms with van der Waals surface area (Å²) in [5.74, 6) is 0.169. The van der Waals surface area contributed by atoms with Gasteiger partial charge in [0.2, 0.25) is 0 Å². The molecule has 0 amide bonds. The minimum atomic E-state index is -0.710. The Balaban J connectivity index is 1.98. The van der Waals surface area contributed by atoms with Crippen molar-refractivity contribution >= 4 is 139 Å². The molecule has 0 N–H and O–H groups in total. The van der Waals surface area contributed by atoms with E-state index >= 15 is 0 Å². The number of rotatable bonds is 66. The fourth-order valence-corrected chi connectivity index (χ4v) is 16.5. The molecule has 18 heteroatoms. The molecule has 0 radical (unpaired) electrons. The second-order valence-corrected chi connectivity index (χ2v) is 33.9. The largest absolute Gasteiger partial charge is 0.419 e. The molecule has 0 aliphatic heterocycles. The second kappa shape index (κ2) is 64.5. The number of benzene rings is 4. The molecule has 0 spiro atoms. The second-order valence-electron chi connectivity index (χ2n) is 27.8. The van der Waals surface area contributed by atoms with Gasteiger partial charge in [0.25, 0.3) is 0 Å². The van der Waals surface area contributed by atoms with Crippen molar-refractivity contribution < 1.29 is 57.2 Å². The van der Waals surface area contributed by atoms with E-state index in [0.717, 1.165) is 112 Å². The average molecular weight is 1600 g/mol. The molecular weight excluding hydrogens is 1470 g/mol. The van der Waals surface area contributed by atoms with E-state index in [-0.39, 0.29) is 34.5 Å². The number of hydrogen-bond acceptors (Lipinski definition) is 18. The summed E-state index contributed by atoms with van der Waals surface area (Å²) in [6.07, 6.45) is 57.2. The Kier molecular flexibility index (Phi) is 57.0. The lowest BCUT2D eigenvalue weighted by molar-refractivity contribution is -0.131. The van der Waals surface area contributed by atoms with Gasteiger partial charge in [0.1, 0.15) is 0 Å². The first-order valence-electron chi connectivity index (χ1n) is 41.5. The Hall–Kier alpha value is -4.98. The van der Waals surface area contributed by atoms with E-state index in [2.05, 4.69) is 41.5 Å². The molecule has 4 aromatic carbocycles. The van der Waals surface area contributed by atoms with E-state index in [9.17, 15) is 28.8 Å². The summed E-state index contributed by atoms with van der Waals surface area (Å²) < 4.78 is 37.2. The van der Waals surface area contributed by atoms with Crippen molar-refractivity contribution in [2.24, 2.45) is 0 Å². The molecule has 0 aliphatic rings. The van der Waals surface area contributed by atoms with Crippen LogP contribution in [0.15, 0.2) is 105 Å². The predicted molar refractivity (Wildman–Crippen MR) is 470 cm³/mol. The third kappa shape index (κ3) is 44.3. The molecule has 0 saturated carbocycles. The summed E-state index contributed by atoms with van der Waals surface area (Å²) in [5, 5.41) is 12.8. The van der Waals surface area contributed by atoms with Crippen molar-refractivity contribution in [1.82, 2.24) is 0 Å². The molecule has 4 aromatic rings. The standard InChI is InChI=1S/C90H132O12S6/c1-7-13-19-25-31-37-43-55-103-61-49-85(91)97-79-67-73-74(68-80(79)98-86(92)50-62-104-56-44-38-32-26-20-14-8-2)76-70-82(100-88(94)52-64-106-58-46-40-34-28-22-16-10-4)84(102-90(96)54-66-108-60-48-42-36-30-24-18-12-6)72-78(76)77-71-83(101-89(95)53-65-107-59-47-41-35-29-23-17-11-5)81(69-75(73)77)99-87(93)51-63-105-57-45-39-33-27-21-15-9-3/h49-54,61-72H,7-48,55-60H2,1-6H3/b61-49+,62-50+,63-51+,64-52+,65-53+,66-54+. The Labute approximate surface area is 676 Å². The molecule has 0 atom stereocenters. The molecule has 0 heterocycles. The molecule has 108 heavy (non-hydrogen) atoms. The highest BCUT2D eigenvalue weighted by molar-refractivity contribution is 8.03. The van der Waals surface area contributed by atoms with Crippen molar-refractivity contribution in [1.29, 1.82) is 0 Å².